The van der Waals surface area contributed by atoms with E-state index in [0.29, 0.717) is 19.2 Å². The topological polar surface area (TPSA) is 69.8 Å². The van der Waals surface area contributed by atoms with Crippen LogP contribution in [0.5, 0.6) is 0 Å². The maximum atomic E-state index is 13.4. The lowest BCUT2D eigenvalue weighted by atomic mass is 10.1. The molecule has 0 unspecified atom stereocenters. The minimum atomic E-state index is -0.265. The second-order valence-corrected chi connectivity index (χ2v) is 7.48. The van der Waals surface area contributed by atoms with Gasteiger partial charge in [0.15, 0.2) is 5.82 Å². The van der Waals surface area contributed by atoms with E-state index in [2.05, 4.69) is 20.6 Å². The van der Waals surface area contributed by atoms with Crippen LogP contribution < -0.4 is 5.32 Å². The lowest BCUT2D eigenvalue weighted by molar-refractivity contribution is 0.0670. The Morgan fingerprint density at radius 3 is 2.70 bits per heavy atom. The van der Waals surface area contributed by atoms with Crippen LogP contribution >= 0.6 is 0 Å². The Hall–Kier alpha value is -3.52. The Morgan fingerprint density at radius 2 is 1.93 bits per heavy atom. The number of halogens is 1. The highest BCUT2D eigenvalue weighted by Crippen LogP contribution is 2.31. The quantitative estimate of drug-likeness (QED) is 0.555. The molecule has 1 aliphatic rings. The van der Waals surface area contributed by atoms with E-state index in [4.69, 9.17) is 4.74 Å². The van der Waals surface area contributed by atoms with Crippen molar-refractivity contribution in [3.63, 3.8) is 0 Å². The predicted octanol–water partition coefficient (Wildman–Crippen LogP) is 4.08. The zero-order valence-corrected chi connectivity index (χ0v) is 16.7. The molecule has 4 aromatic rings. The molecule has 5 rings (SSSR count). The smallest absolute Gasteiger partial charge is 0.229 e. The summed E-state index contributed by atoms with van der Waals surface area (Å²) in [5.41, 5.74) is 4.98. The van der Waals surface area contributed by atoms with Gasteiger partial charge in [-0.05, 0) is 54.8 Å². The Kier molecular flexibility index (Phi) is 4.55. The van der Waals surface area contributed by atoms with Crippen LogP contribution in [0, 0.1) is 19.7 Å². The van der Waals surface area contributed by atoms with E-state index in [0.717, 1.165) is 33.9 Å². The molecule has 3 heterocycles. The van der Waals surface area contributed by atoms with Crippen molar-refractivity contribution in [2.24, 2.45) is 0 Å². The van der Waals surface area contributed by atoms with Gasteiger partial charge in [-0.2, -0.15) is 5.10 Å². The molecule has 0 aliphatic carbocycles. The van der Waals surface area contributed by atoms with Gasteiger partial charge >= 0.3 is 0 Å². The average Bonchev–Trinajstić information content (AvgIpc) is 3.37. The number of fused-ring (bicyclic) bond motifs is 1. The number of rotatable bonds is 4. The number of hydrogen-bond acceptors (Lipinski definition) is 5. The zero-order valence-electron chi connectivity index (χ0n) is 16.7. The summed E-state index contributed by atoms with van der Waals surface area (Å²) in [6.07, 6.45) is 3.81. The number of benzene rings is 2. The summed E-state index contributed by atoms with van der Waals surface area (Å²) in [4.78, 5) is 0. The standard InChI is InChI=1S/C22H21FN6O/c1-14-10-24-28(11-14)18-8-3-15(2)19(9-18)25-22-27-26-21-13-30-12-20(29(21)22)16-4-6-17(23)7-5-16/h3-11,20H,12-13H2,1-2H3,(H,25,27)/t20-/m0/s1. The number of nitrogens with zero attached hydrogens (tertiary/aromatic N) is 5. The van der Waals surface area contributed by atoms with E-state index in [1.54, 1.807) is 12.1 Å². The molecule has 0 radical (unpaired) electrons. The first-order valence-corrected chi connectivity index (χ1v) is 9.75. The number of aryl methyl sites for hydroxylation is 2. The van der Waals surface area contributed by atoms with Gasteiger partial charge in [-0.3, -0.25) is 4.57 Å². The molecule has 0 spiro atoms. The molecular weight excluding hydrogens is 383 g/mol. The maximum Gasteiger partial charge on any atom is 0.229 e. The largest absolute Gasteiger partial charge is 0.371 e. The van der Waals surface area contributed by atoms with Gasteiger partial charge in [-0.1, -0.05) is 18.2 Å². The number of nitrogens with one attached hydrogen (secondary N) is 1. The first-order valence-electron chi connectivity index (χ1n) is 9.75. The van der Waals surface area contributed by atoms with Gasteiger partial charge in [0.05, 0.1) is 24.5 Å². The molecular formula is C22H21FN6O. The van der Waals surface area contributed by atoms with Crippen LogP contribution in [-0.2, 0) is 11.3 Å². The minimum Gasteiger partial charge on any atom is -0.371 e. The third-order valence-corrected chi connectivity index (χ3v) is 5.28. The summed E-state index contributed by atoms with van der Waals surface area (Å²) in [6, 6.07) is 12.4. The zero-order chi connectivity index (χ0) is 20.7. The Bertz CT molecular complexity index is 1200. The number of aromatic nitrogens is 5. The fourth-order valence-electron chi connectivity index (χ4n) is 3.66. The molecule has 1 N–H and O–H groups in total. The van der Waals surface area contributed by atoms with E-state index < -0.39 is 0 Å². The van der Waals surface area contributed by atoms with Gasteiger partial charge in [0, 0.05) is 11.9 Å². The highest BCUT2D eigenvalue weighted by molar-refractivity contribution is 5.62. The maximum absolute atomic E-state index is 13.4. The van der Waals surface area contributed by atoms with Crippen molar-refractivity contribution in [1.29, 1.82) is 0 Å². The molecule has 152 valence electrons. The van der Waals surface area contributed by atoms with Gasteiger partial charge in [0.2, 0.25) is 5.95 Å². The van der Waals surface area contributed by atoms with Crippen LogP contribution in [0.4, 0.5) is 16.0 Å². The van der Waals surface area contributed by atoms with Crippen molar-refractivity contribution in [2.75, 3.05) is 11.9 Å². The molecule has 7 nitrogen and oxygen atoms in total. The summed E-state index contributed by atoms with van der Waals surface area (Å²) in [5, 5.41) is 16.5. The van der Waals surface area contributed by atoms with Crippen LogP contribution in [0.3, 0.4) is 0 Å². The number of anilines is 2. The fraction of sp³-hybridized carbons (Fsp3) is 0.227. The van der Waals surface area contributed by atoms with Crippen LogP contribution in [-0.4, -0.2) is 31.2 Å². The lowest BCUT2D eigenvalue weighted by Crippen LogP contribution is -2.25. The van der Waals surface area contributed by atoms with E-state index >= 15 is 0 Å². The second kappa shape index (κ2) is 7.38. The van der Waals surface area contributed by atoms with Crippen molar-refractivity contribution in [3.05, 3.63) is 83.2 Å². The van der Waals surface area contributed by atoms with Crippen molar-refractivity contribution < 1.29 is 9.13 Å². The van der Waals surface area contributed by atoms with Gasteiger partial charge in [-0.25, -0.2) is 9.07 Å². The van der Waals surface area contributed by atoms with Gasteiger partial charge in [0.1, 0.15) is 12.4 Å². The average molecular weight is 404 g/mol. The van der Waals surface area contributed by atoms with Crippen LogP contribution in [0.15, 0.2) is 54.9 Å². The monoisotopic (exact) mass is 404 g/mol. The van der Waals surface area contributed by atoms with Crippen molar-refractivity contribution in [3.8, 4) is 5.69 Å². The Balaban J connectivity index is 1.51. The molecule has 2 aromatic carbocycles. The van der Waals surface area contributed by atoms with Crippen molar-refractivity contribution >= 4 is 11.6 Å². The second-order valence-electron chi connectivity index (χ2n) is 7.48. The van der Waals surface area contributed by atoms with E-state index in [1.165, 1.54) is 12.1 Å². The van der Waals surface area contributed by atoms with E-state index in [9.17, 15) is 4.39 Å². The molecule has 8 heteroatoms. The molecule has 2 aromatic heterocycles. The molecule has 0 bridgehead atoms. The third-order valence-electron chi connectivity index (χ3n) is 5.28. The normalized spacial score (nSPS) is 15.8. The fourth-order valence-corrected chi connectivity index (χ4v) is 3.66. The van der Waals surface area contributed by atoms with Crippen LogP contribution in [0.2, 0.25) is 0 Å². The predicted molar refractivity (Wildman–Crippen MR) is 111 cm³/mol. The summed E-state index contributed by atoms with van der Waals surface area (Å²) >= 11 is 0. The lowest BCUT2D eigenvalue weighted by Gasteiger charge is -2.27. The van der Waals surface area contributed by atoms with Gasteiger partial charge < -0.3 is 10.1 Å². The first kappa shape index (κ1) is 18.5. The van der Waals surface area contributed by atoms with Crippen molar-refractivity contribution in [2.45, 2.75) is 26.5 Å². The molecule has 0 fully saturated rings. The molecule has 0 saturated heterocycles. The molecule has 0 amide bonds. The third kappa shape index (κ3) is 3.35. The molecule has 1 aliphatic heterocycles. The van der Waals surface area contributed by atoms with Gasteiger partial charge in [-0.15, -0.1) is 10.2 Å². The molecule has 0 saturated carbocycles. The van der Waals surface area contributed by atoms with E-state index in [-0.39, 0.29) is 11.9 Å². The summed E-state index contributed by atoms with van der Waals surface area (Å²) in [6.45, 7) is 4.90. The SMILES string of the molecule is Cc1cnn(-c2ccc(C)c(Nc3nnc4n3[C@H](c3ccc(F)cc3)COC4)c2)c1. The first-order chi connectivity index (χ1) is 14.6. The highest BCUT2D eigenvalue weighted by atomic mass is 19.1. The van der Waals surface area contributed by atoms with Crippen LogP contribution in [0.25, 0.3) is 5.69 Å². The molecule has 30 heavy (non-hydrogen) atoms. The van der Waals surface area contributed by atoms with E-state index in [1.807, 2.05) is 53.7 Å². The minimum absolute atomic E-state index is 0.135. The number of hydrogen-bond donors (Lipinski definition) is 1. The Morgan fingerprint density at radius 1 is 1.10 bits per heavy atom. The number of ether oxygens (including phenoxy) is 1. The summed E-state index contributed by atoms with van der Waals surface area (Å²) in [5.74, 6) is 1.09. The van der Waals surface area contributed by atoms with Crippen molar-refractivity contribution in [1.82, 2.24) is 24.5 Å². The Labute approximate surface area is 173 Å². The highest BCUT2D eigenvalue weighted by Gasteiger charge is 2.27. The summed E-state index contributed by atoms with van der Waals surface area (Å²) < 4.78 is 23.0. The molecule has 1 atom stereocenters. The van der Waals surface area contributed by atoms with Crippen LogP contribution in [0.1, 0.15) is 28.6 Å². The summed E-state index contributed by atoms with van der Waals surface area (Å²) in [7, 11) is 0. The van der Waals surface area contributed by atoms with Gasteiger partial charge in [0.25, 0.3) is 0 Å².